The van der Waals surface area contributed by atoms with Crippen LogP contribution in [-0.2, 0) is 12.8 Å². The second-order valence-electron chi connectivity index (χ2n) is 6.81. The highest BCUT2D eigenvalue weighted by atomic mass is 16.5. The van der Waals surface area contributed by atoms with Crippen molar-refractivity contribution in [3.63, 3.8) is 0 Å². The molecule has 2 aromatic rings. The number of carbonyl (C=O) groups excluding carboxylic acids is 2. The van der Waals surface area contributed by atoms with E-state index in [1.807, 2.05) is 19.1 Å². The van der Waals surface area contributed by atoms with Gasteiger partial charge in [0.25, 0.3) is 11.8 Å². The number of hydrogen-bond acceptors (Lipinski definition) is 4. The van der Waals surface area contributed by atoms with Crippen LogP contribution in [-0.4, -0.2) is 25.5 Å². The third kappa shape index (κ3) is 4.63. The van der Waals surface area contributed by atoms with E-state index in [0.29, 0.717) is 29.2 Å². The van der Waals surface area contributed by atoms with Gasteiger partial charge < -0.3 is 9.47 Å². The lowest BCUT2D eigenvalue weighted by Gasteiger charge is -2.16. The molecule has 148 valence electrons. The molecule has 28 heavy (non-hydrogen) atoms. The van der Waals surface area contributed by atoms with Gasteiger partial charge in [-0.05, 0) is 73.6 Å². The van der Waals surface area contributed by atoms with Crippen molar-refractivity contribution in [2.24, 2.45) is 0 Å². The van der Waals surface area contributed by atoms with Gasteiger partial charge in [0, 0.05) is 11.1 Å². The molecule has 0 spiro atoms. The van der Waals surface area contributed by atoms with Crippen LogP contribution in [0.2, 0.25) is 0 Å². The Bertz CT molecular complexity index is 864. The second-order valence-corrected chi connectivity index (χ2v) is 6.81. The van der Waals surface area contributed by atoms with E-state index in [2.05, 4.69) is 10.9 Å². The molecule has 2 amide bonds. The van der Waals surface area contributed by atoms with Crippen LogP contribution in [0.4, 0.5) is 0 Å². The highest BCUT2D eigenvalue weighted by Crippen LogP contribution is 2.28. The van der Waals surface area contributed by atoms with E-state index in [9.17, 15) is 9.59 Å². The zero-order valence-corrected chi connectivity index (χ0v) is 16.3. The Hall–Kier alpha value is -3.02. The number of rotatable bonds is 6. The van der Waals surface area contributed by atoms with Crippen molar-refractivity contribution >= 4 is 11.8 Å². The van der Waals surface area contributed by atoms with E-state index in [4.69, 9.17) is 9.47 Å². The minimum absolute atomic E-state index is 0.336. The molecule has 2 aromatic carbocycles. The van der Waals surface area contributed by atoms with Gasteiger partial charge in [0.05, 0.1) is 13.7 Å². The first kappa shape index (κ1) is 19.7. The third-order valence-electron chi connectivity index (χ3n) is 4.79. The Kier molecular flexibility index (Phi) is 6.53. The Morgan fingerprint density at radius 2 is 1.54 bits per heavy atom. The fourth-order valence-corrected chi connectivity index (χ4v) is 3.27. The first-order valence-electron chi connectivity index (χ1n) is 9.65. The van der Waals surface area contributed by atoms with Crippen LogP contribution in [0.1, 0.15) is 58.0 Å². The number of hydrazine groups is 1. The molecule has 0 bridgehead atoms. The van der Waals surface area contributed by atoms with Gasteiger partial charge in [-0.2, -0.15) is 0 Å². The largest absolute Gasteiger partial charge is 0.493 e. The van der Waals surface area contributed by atoms with Crippen LogP contribution in [0.3, 0.4) is 0 Å². The number of ether oxygens (including phenoxy) is 2. The highest BCUT2D eigenvalue weighted by molar-refractivity contribution is 5.99. The molecular formula is C22H26N2O4. The maximum absolute atomic E-state index is 12.4. The summed E-state index contributed by atoms with van der Waals surface area (Å²) in [5, 5.41) is 0. The smallest absolute Gasteiger partial charge is 0.269 e. The van der Waals surface area contributed by atoms with E-state index < -0.39 is 5.91 Å². The molecule has 3 rings (SSSR count). The third-order valence-corrected chi connectivity index (χ3v) is 4.79. The maximum Gasteiger partial charge on any atom is 0.269 e. The van der Waals surface area contributed by atoms with Crippen molar-refractivity contribution in [1.82, 2.24) is 10.9 Å². The number of amides is 2. The predicted octanol–water partition coefficient (Wildman–Crippen LogP) is 3.44. The Morgan fingerprint density at radius 3 is 2.21 bits per heavy atom. The molecule has 0 saturated carbocycles. The van der Waals surface area contributed by atoms with Gasteiger partial charge in [-0.1, -0.05) is 13.0 Å². The summed E-state index contributed by atoms with van der Waals surface area (Å²) in [5.74, 6) is 0.296. The van der Waals surface area contributed by atoms with E-state index in [1.54, 1.807) is 24.3 Å². The lowest BCUT2D eigenvalue weighted by Crippen LogP contribution is -2.41. The average molecular weight is 382 g/mol. The molecule has 2 N–H and O–H groups in total. The minimum Gasteiger partial charge on any atom is -0.493 e. The van der Waals surface area contributed by atoms with Crippen LogP contribution in [0.25, 0.3) is 0 Å². The molecule has 6 nitrogen and oxygen atoms in total. The molecule has 1 aliphatic rings. The van der Waals surface area contributed by atoms with Gasteiger partial charge >= 0.3 is 0 Å². The van der Waals surface area contributed by atoms with E-state index in [-0.39, 0.29) is 5.91 Å². The summed E-state index contributed by atoms with van der Waals surface area (Å²) in [4.78, 5) is 24.8. The molecule has 0 fully saturated rings. The molecule has 0 unspecified atom stereocenters. The van der Waals surface area contributed by atoms with Crippen molar-refractivity contribution in [2.75, 3.05) is 13.7 Å². The molecule has 0 aromatic heterocycles. The van der Waals surface area contributed by atoms with Gasteiger partial charge in [-0.15, -0.1) is 0 Å². The number of methoxy groups -OCH3 is 1. The van der Waals surface area contributed by atoms with Crippen LogP contribution in [0.15, 0.2) is 36.4 Å². The van der Waals surface area contributed by atoms with Crippen LogP contribution in [0, 0.1) is 0 Å². The van der Waals surface area contributed by atoms with Crippen molar-refractivity contribution < 1.29 is 19.1 Å². The van der Waals surface area contributed by atoms with E-state index >= 15 is 0 Å². The molecular weight excluding hydrogens is 356 g/mol. The van der Waals surface area contributed by atoms with Crippen molar-refractivity contribution in [1.29, 1.82) is 0 Å². The van der Waals surface area contributed by atoms with Crippen LogP contribution >= 0.6 is 0 Å². The number of hydrogen-bond donors (Lipinski definition) is 2. The molecule has 0 saturated heterocycles. The first-order chi connectivity index (χ1) is 13.6. The summed E-state index contributed by atoms with van der Waals surface area (Å²) in [6.07, 6.45) is 5.28. The summed E-state index contributed by atoms with van der Waals surface area (Å²) < 4.78 is 10.9. The minimum atomic E-state index is -0.424. The summed E-state index contributed by atoms with van der Waals surface area (Å²) in [7, 11) is 1.52. The Balaban J connectivity index is 1.62. The normalized spacial score (nSPS) is 12.6. The molecule has 1 aliphatic carbocycles. The van der Waals surface area contributed by atoms with Crippen molar-refractivity contribution in [3.05, 3.63) is 58.7 Å². The SMILES string of the molecule is CCCOc1ccc(C(=O)NNC(=O)c2ccc3c(c2)CCCC3)cc1OC. The van der Waals surface area contributed by atoms with Gasteiger partial charge in [0.2, 0.25) is 0 Å². The van der Waals surface area contributed by atoms with Crippen molar-refractivity contribution in [3.8, 4) is 11.5 Å². The number of nitrogens with one attached hydrogen (secondary N) is 2. The molecule has 0 atom stereocenters. The van der Waals surface area contributed by atoms with Crippen LogP contribution < -0.4 is 20.3 Å². The fourth-order valence-electron chi connectivity index (χ4n) is 3.27. The van der Waals surface area contributed by atoms with E-state index in [0.717, 1.165) is 25.7 Å². The van der Waals surface area contributed by atoms with Gasteiger partial charge in [0.1, 0.15) is 0 Å². The highest BCUT2D eigenvalue weighted by Gasteiger charge is 2.15. The summed E-state index contributed by atoms with van der Waals surface area (Å²) >= 11 is 0. The fraction of sp³-hybridized carbons (Fsp3) is 0.364. The molecule has 0 heterocycles. The predicted molar refractivity (Wildman–Crippen MR) is 107 cm³/mol. The summed E-state index contributed by atoms with van der Waals surface area (Å²) in [5.41, 5.74) is 8.38. The number of aryl methyl sites for hydroxylation is 2. The maximum atomic E-state index is 12.4. The summed E-state index contributed by atoms with van der Waals surface area (Å²) in [6, 6.07) is 10.6. The number of carbonyl (C=O) groups is 2. The number of fused-ring (bicyclic) bond motifs is 1. The van der Waals surface area contributed by atoms with Gasteiger partial charge in [-0.3, -0.25) is 20.4 Å². The zero-order valence-electron chi connectivity index (χ0n) is 16.3. The monoisotopic (exact) mass is 382 g/mol. The van der Waals surface area contributed by atoms with Gasteiger partial charge in [-0.25, -0.2) is 0 Å². The second kappa shape index (κ2) is 9.26. The molecule has 0 radical (unpaired) electrons. The average Bonchev–Trinajstić information content (AvgIpc) is 2.75. The Labute approximate surface area is 165 Å². The lowest BCUT2D eigenvalue weighted by molar-refractivity contribution is 0.0846. The van der Waals surface area contributed by atoms with E-state index in [1.165, 1.54) is 24.7 Å². The standard InChI is InChI=1S/C22H26N2O4/c1-3-12-28-19-11-10-18(14-20(19)27-2)22(26)24-23-21(25)17-9-8-15-6-4-5-7-16(15)13-17/h8-11,13-14H,3-7,12H2,1-2H3,(H,23,25)(H,24,26). The lowest BCUT2D eigenvalue weighted by atomic mass is 9.90. The van der Waals surface area contributed by atoms with Gasteiger partial charge in [0.15, 0.2) is 11.5 Å². The first-order valence-corrected chi connectivity index (χ1v) is 9.65. The molecule has 0 aliphatic heterocycles. The van der Waals surface area contributed by atoms with Crippen LogP contribution in [0.5, 0.6) is 11.5 Å². The molecule has 6 heteroatoms. The topological polar surface area (TPSA) is 76.7 Å². The van der Waals surface area contributed by atoms with Crippen molar-refractivity contribution in [2.45, 2.75) is 39.0 Å². The summed E-state index contributed by atoms with van der Waals surface area (Å²) in [6.45, 7) is 2.58. The zero-order chi connectivity index (χ0) is 19.9. The quantitative estimate of drug-likeness (QED) is 0.751. The number of benzene rings is 2. The Morgan fingerprint density at radius 1 is 0.893 bits per heavy atom.